The van der Waals surface area contributed by atoms with Gasteiger partial charge in [-0.3, -0.25) is 14.6 Å². The highest BCUT2D eigenvalue weighted by atomic mass is 16.5. The first-order valence-electron chi connectivity index (χ1n) is 5.69. The van der Waals surface area contributed by atoms with Crippen LogP contribution in [0.2, 0.25) is 0 Å². The molecule has 0 saturated carbocycles. The van der Waals surface area contributed by atoms with E-state index in [0.717, 1.165) is 0 Å². The largest absolute Gasteiger partial charge is 0.494 e. The van der Waals surface area contributed by atoms with Crippen LogP contribution in [0.3, 0.4) is 0 Å². The van der Waals surface area contributed by atoms with E-state index >= 15 is 0 Å². The Labute approximate surface area is 114 Å². The van der Waals surface area contributed by atoms with Crippen LogP contribution in [-0.2, 0) is 9.59 Å². The zero-order chi connectivity index (χ0) is 15.1. The number of ether oxygens (including phenoxy) is 1. The first-order chi connectivity index (χ1) is 9.45. The van der Waals surface area contributed by atoms with Crippen LogP contribution in [0.15, 0.2) is 18.5 Å². The second kappa shape index (κ2) is 7.07. The molecule has 0 aliphatic heterocycles. The van der Waals surface area contributed by atoms with Crippen molar-refractivity contribution in [3.63, 3.8) is 0 Å². The normalized spacial score (nSPS) is 11.4. The molecule has 1 heterocycles. The van der Waals surface area contributed by atoms with Crippen LogP contribution in [0.4, 0.5) is 0 Å². The Morgan fingerprint density at radius 1 is 1.40 bits per heavy atom. The van der Waals surface area contributed by atoms with Gasteiger partial charge in [0.25, 0.3) is 5.91 Å². The predicted octanol–water partition coefficient (Wildman–Crippen LogP) is 0.138. The lowest BCUT2D eigenvalue weighted by Gasteiger charge is -2.14. The number of nitrogens with zero attached hydrogens (tertiary/aromatic N) is 1. The fourth-order valence-corrected chi connectivity index (χ4v) is 1.49. The topological polar surface area (TPSA) is 126 Å². The number of hydrogen-bond acceptors (Lipinski definition) is 5. The zero-order valence-corrected chi connectivity index (χ0v) is 10.7. The molecule has 0 aromatic carbocycles. The van der Waals surface area contributed by atoms with E-state index in [4.69, 9.17) is 14.9 Å². The van der Waals surface area contributed by atoms with Crippen molar-refractivity contribution in [1.29, 1.82) is 0 Å². The minimum Gasteiger partial charge on any atom is -0.494 e. The van der Waals surface area contributed by atoms with Crippen molar-refractivity contribution in [3.05, 3.63) is 24.0 Å². The van der Waals surface area contributed by atoms with Gasteiger partial charge in [-0.15, -0.1) is 0 Å². The molecule has 3 N–H and O–H groups in total. The third-order valence-corrected chi connectivity index (χ3v) is 2.50. The van der Waals surface area contributed by atoms with Crippen molar-refractivity contribution in [2.24, 2.45) is 0 Å². The van der Waals surface area contributed by atoms with Crippen LogP contribution in [0.1, 0.15) is 23.2 Å². The van der Waals surface area contributed by atoms with Gasteiger partial charge >= 0.3 is 11.9 Å². The molecule has 1 aromatic heterocycles. The number of nitrogens with one attached hydrogen (secondary N) is 1. The number of carboxylic acids is 2. The van der Waals surface area contributed by atoms with E-state index in [1.54, 1.807) is 0 Å². The highest BCUT2D eigenvalue weighted by Gasteiger charge is 2.23. The number of amides is 1. The molecule has 0 unspecified atom stereocenters. The van der Waals surface area contributed by atoms with Gasteiger partial charge in [0.05, 0.1) is 18.9 Å². The molecule has 1 aromatic rings. The Balaban J connectivity index is 2.80. The van der Waals surface area contributed by atoms with E-state index in [2.05, 4.69) is 10.3 Å². The molecule has 0 bridgehead atoms. The third kappa shape index (κ3) is 4.23. The van der Waals surface area contributed by atoms with E-state index < -0.39 is 23.9 Å². The standard InChI is InChI=1S/C12H14N2O6/c1-20-9-6-13-5-4-7(9)11(17)14-8(12(18)19)2-3-10(15)16/h4-6,8H,2-3H2,1H3,(H,14,17)(H,15,16)(H,18,19)/t8-/m0/s1. The van der Waals surface area contributed by atoms with Crippen molar-refractivity contribution in [3.8, 4) is 5.75 Å². The van der Waals surface area contributed by atoms with Crippen molar-refractivity contribution < 1.29 is 29.3 Å². The van der Waals surface area contributed by atoms with Crippen LogP contribution in [0, 0.1) is 0 Å². The van der Waals surface area contributed by atoms with Crippen molar-refractivity contribution in [2.45, 2.75) is 18.9 Å². The Bertz CT molecular complexity index is 516. The lowest BCUT2D eigenvalue weighted by molar-refractivity contribution is -0.140. The molecule has 8 heteroatoms. The Kier molecular flexibility index (Phi) is 5.45. The van der Waals surface area contributed by atoms with Crippen molar-refractivity contribution >= 4 is 17.8 Å². The SMILES string of the molecule is COc1cnccc1C(=O)N[C@@H](CCC(=O)O)C(=O)O. The number of pyridine rings is 1. The quantitative estimate of drug-likeness (QED) is 0.649. The lowest BCUT2D eigenvalue weighted by atomic mass is 10.1. The molecule has 8 nitrogen and oxygen atoms in total. The molecular weight excluding hydrogens is 268 g/mol. The summed E-state index contributed by atoms with van der Waals surface area (Å²) >= 11 is 0. The molecule has 0 spiro atoms. The van der Waals surface area contributed by atoms with E-state index in [0.29, 0.717) is 0 Å². The Hall–Kier alpha value is -2.64. The van der Waals surface area contributed by atoms with Gasteiger partial charge in [-0.25, -0.2) is 4.79 Å². The van der Waals surface area contributed by atoms with Crippen LogP contribution in [0.5, 0.6) is 5.75 Å². The Morgan fingerprint density at radius 3 is 2.65 bits per heavy atom. The lowest BCUT2D eigenvalue weighted by Crippen LogP contribution is -2.41. The van der Waals surface area contributed by atoms with Gasteiger partial charge in [0.2, 0.25) is 0 Å². The predicted molar refractivity (Wildman–Crippen MR) is 66.5 cm³/mol. The van der Waals surface area contributed by atoms with Gasteiger partial charge in [-0.2, -0.15) is 0 Å². The van der Waals surface area contributed by atoms with Gasteiger partial charge in [0, 0.05) is 12.6 Å². The maximum Gasteiger partial charge on any atom is 0.326 e. The minimum absolute atomic E-state index is 0.129. The fraction of sp³-hybridized carbons (Fsp3) is 0.333. The van der Waals surface area contributed by atoms with E-state index in [9.17, 15) is 14.4 Å². The summed E-state index contributed by atoms with van der Waals surface area (Å²) in [4.78, 5) is 37.2. The zero-order valence-electron chi connectivity index (χ0n) is 10.7. The maximum absolute atomic E-state index is 12.0. The highest BCUT2D eigenvalue weighted by Crippen LogP contribution is 2.15. The summed E-state index contributed by atoms with van der Waals surface area (Å²) in [7, 11) is 1.35. The molecule has 0 fully saturated rings. The average molecular weight is 282 g/mol. The molecule has 108 valence electrons. The molecule has 1 atom stereocenters. The number of hydrogen-bond donors (Lipinski definition) is 3. The van der Waals surface area contributed by atoms with E-state index in [1.165, 1.54) is 25.6 Å². The van der Waals surface area contributed by atoms with E-state index in [-0.39, 0.29) is 24.2 Å². The van der Waals surface area contributed by atoms with E-state index in [1.807, 2.05) is 0 Å². The van der Waals surface area contributed by atoms with Gasteiger partial charge in [0.1, 0.15) is 11.8 Å². The summed E-state index contributed by atoms with van der Waals surface area (Å²) in [6.45, 7) is 0. The van der Waals surface area contributed by atoms with Gasteiger partial charge in [-0.05, 0) is 12.5 Å². The van der Waals surface area contributed by atoms with Crippen molar-refractivity contribution in [2.75, 3.05) is 7.11 Å². The highest BCUT2D eigenvalue weighted by molar-refractivity contribution is 5.98. The number of carboxylic acid groups (broad SMARTS) is 2. The first-order valence-corrected chi connectivity index (χ1v) is 5.69. The molecule has 0 aliphatic carbocycles. The minimum atomic E-state index is -1.30. The summed E-state index contributed by atoms with van der Waals surface area (Å²) in [5, 5.41) is 19.8. The number of carbonyl (C=O) groups excluding carboxylic acids is 1. The average Bonchev–Trinajstić information content (AvgIpc) is 2.42. The molecule has 1 rings (SSSR count). The summed E-state index contributed by atoms with van der Waals surface area (Å²) in [6, 6.07) is 0.0982. The second-order valence-electron chi connectivity index (χ2n) is 3.87. The molecule has 0 saturated heterocycles. The van der Waals surface area contributed by atoms with Gasteiger partial charge in [-0.1, -0.05) is 0 Å². The molecule has 0 radical (unpaired) electrons. The number of methoxy groups -OCH3 is 1. The van der Waals surface area contributed by atoms with Crippen LogP contribution in [-0.4, -0.2) is 46.2 Å². The third-order valence-electron chi connectivity index (χ3n) is 2.50. The molecule has 1 amide bonds. The van der Waals surface area contributed by atoms with Gasteiger partial charge in [0.15, 0.2) is 0 Å². The summed E-state index contributed by atoms with van der Waals surface area (Å²) < 4.78 is 4.94. The summed E-state index contributed by atoms with van der Waals surface area (Å²) in [5.41, 5.74) is 0.129. The fourth-order valence-electron chi connectivity index (χ4n) is 1.49. The van der Waals surface area contributed by atoms with Crippen LogP contribution < -0.4 is 10.1 Å². The summed E-state index contributed by atoms with van der Waals surface area (Å²) in [5.74, 6) is -2.89. The second-order valence-corrected chi connectivity index (χ2v) is 3.87. The number of aromatic nitrogens is 1. The number of aliphatic carboxylic acids is 2. The van der Waals surface area contributed by atoms with Crippen molar-refractivity contribution in [1.82, 2.24) is 10.3 Å². The summed E-state index contributed by atoms with van der Waals surface area (Å²) in [6.07, 6.45) is 2.13. The van der Waals surface area contributed by atoms with Crippen LogP contribution in [0.25, 0.3) is 0 Å². The first kappa shape index (κ1) is 15.4. The van der Waals surface area contributed by atoms with Gasteiger partial charge < -0.3 is 20.3 Å². The van der Waals surface area contributed by atoms with Crippen LogP contribution >= 0.6 is 0 Å². The smallest absolute Gasteiger partial charge is 0.326 e. The Morgan fingerprint density at radius 2 is 2.10 bits per heavy atom. The molecular formula is C12H14N2O6. The number of carbonyl (C=O) groups is 3. The monoisotopic (exact) mass is 282 g/mol. The number of rotatable bonds is 7. The molecule has 0 aliphatic rings. The maximum atomic E-state index is 12.0. The molecule has 20 heavy (non-hydrogen) atoms.